The van der Waals surface area contributed by atoms with Crippen LogP contribution in [0.5, 0.6) is 0 Å². The summed E-state index contributed by atoms with van der Waals surface area (Å²) in [6.07, 6.45) is -0.667. The third-order valence-electron chi connectivity index (χ3n) is 3.53. The normalized spacial score (nSPS) is 12.6. The van der Waals surface area contributed by atoms with Crippen molar-refractivity contribution in [2.24, 2.45) is 0 Å². The highest BCUT2D eigenvalue weighted by atomic mass is 16.5. The SMILES string of the molecule is CCOC(=O)CCC(=O)C(CO)(NC(C)=O)C(=O)OCc1ccccc1. The van der Waals surface area contributed by atoms with E-state index in [2.05, 4.69) is 5.32 Å². The van der Waals surface area contributed by atoms with E-state index in [1.807, 2.05) is 0 Å². The molecular formula is C18H23NO7. The molecule has 142 valence electrons. The predicted octanol–water partition coefficient (Wildman–Crippen LogP) is 0.509. The minimum Gasteiger partial charge on any atom is -0.466 e. The summed E-state index contributed by atoms with van der Waals surface area (Å²) >= 11 is 0. The zero-order valence-corrected chi connectivity index (χ0v) is 14.8. The molecule has 0 heterocycles. The van der Waals surface area contributed by atoms with E-state index in [4.69, 9.17) is 9.47 Å². The van der Waals surface area contributed by atoms with E-state index in [9.17, 15) is 24.3 Å². The number of Topliss-reactive ketones (excluding diaryl/α,β-unsaturated/α-hetero) is 1. The van der Waals surface area contributed by atoms with Gasteiger partial charge in [0.05, 0.1) is 19.6 Å². The summed E-state index contributed by atoms with van der Waals surface area (Å²) in [6, 6.07) is 8.73. The molecule has 2 N–H and O–H groups in total. The molecule has 0 aliphatic carbocycles. The largest absolute Gasteiger partial charge is 0.466 e. The Labute approximate surface area is 151 Å². The van der Waals surface area contributed by atoms with E-state index in [-0.39, 0.29) is 26.1 Å². The van der Waals surface area contributed by atoms with Crippen LogP contribution < -0.4 is 5.32 Å². The van der Waals surface area contributed by atoms with E-state index in [0.29, 0.717) is 5.56 Å². The van der Waals surface area contributed by atoms with Crippen molar-refractivity contribution in [2.45, 2.75) is 38.8 Å². The molecule has 0 radical (unpaired) electrons. The van der Waals surface area contributed by atoms with Gasteiger partial charge in [-0.1, -0.05) is 30.3 Å². The van der Waals surface area contributed by atoms with Gasteiger partial charge in [-0.3, -0.25) is 14.4 Å². The van der Waals surface area contributed by atoms with Gasteiger partial charge in [0, 0.05) is 13.3 Å². The number of benzene rings is 1. The molecule has 0 spiro atoms. The molecule has 1 aromatic rings. The van der Waals surface area contributed by atoms with E-state index >= 15 is 0 Å². The number of aliphatic hydroxyl groups excluding tert-OH is 1. The zero-order valence-electron chi connectivity index (χ0n) is 14.8. The second kappa shape index (κ2) is 10.3. The fraction of sp³-hybridized carbons (Fsp3) is 0.444. The van der Waals surface area contributed by atoms with Crippen LogP contribution >= 0.6 is 0 Å². The summed E-state index contributed by atoms with van der Waals surface area (Å²) in [4.78, 5) is 47.9. The second-order valence-electron chi connectivity index (χ2n) is 5.53. The highest BCUT2D eigenvalue weighted by Gasteiger charge is 2.47. The van der Waals surface area contributed by atoms with Crippen LogP contribution in [-0.4, -0.2) is 47.5 Å². The highest BCUT2D eigenvalue weighted by Crippen LogP contribution is 2.15. The molecule has 1 unspecified atom stereocenters. The van der Waals surface area contributed by atoms with E-state index in [0.717, 1.165) is 6.92 Å². The first kappa shape index (κ1) is 21.3. The van der Waals surface area contributed by atoms with Crippen LogP contribution in [0.3, 0.4) is 0 Å². The van der Waals surface area contributed by atoms with Crippen molar-refractivity contribution in [1.82, 2.24) is 5.32 Å². The smallest absolute Gasteiger partial charge is 0.342 e. The van der Waals surface area contributed by atoms with Crippen molar-refractivity contribution in [3.8, 4) is 0 Å². The Morgan fingerprint density at radius 3 is 2.27 bits per heavy atom. The van der Waals surface area contributed by atoms with Gasteiger partial charge in [0.2, 0.25) is 11.4 Å². The maximum atomic E-state index is 12.5. The first-order chi connectivity index (χ1) is 12.4. The Hall–Kier alpha value is -2.74. The third kappa shape index (κ3) is 5.96. The first-order valence-corrected chi connectivity index (χ1v) is 8.15. The number of hydrogen-bond donors (Lipinski definition) is 2. The van der Waals surface area contributed by atoms with Crippen molar-refractivity contribution in [2.75, 3.05) is 13.2 Å². The van der Waals surface area contributed by atoms with Crippen LogP contribution in [-0.2, 0) is 35.3 Å². The molecule has 26 heavy (non-hydrogen) atoms. The molecule has 0 fully saturated rings. The molecule has 1 aromatic carbocycles. The molecule has 1 rings (SSSR count). The van der Waals surface area contributed by atoms with Crippen molar-refractivity contribution in [1.29, 1.82) is 0 Å². The number of carbonyl (C=O) groups excluding carboxylic acids is 4. The number of nitrogens with one attached hydrogen (secondary N) is 1. The third-order valence-corrected chi connectivity index (χ3v) is 3.53. The summed E-state index contributed by atoms with van der Waals surface area (Å²) in [5.41, 5.74) is -1.58. The lowest BCUT2D eigenvalue weighted by Crippen LogP contribution is -2.63. The van der Waals surface area contributed by atoms with Crippen molar-refractivity contribution < 1.29 is 33.8 Å². The minimum atomic E-state index is -2.26. The van der Waals surface area contributed by atoms with Gasteiger partial charge < -0.3 is 19.9 Å². The molecule has 0 aromatic heterocycles. The number of esters is 2. The minimum absolute atomic E-state index is 0.133. The Kier molecular flexibility index (Phi) is 8.44. The summed E-state index contributed by atoms with van der Waals surface area (Å²) in [5.74, 6) is -3.23. The standard InChI is InChI=1S/C18H23NO7/c1-3-25-16(23)10-9-15(22)18(12-20,19-13(2)21)17(24)26-11-14-7-5-4-6-8-14/h4-8,20H,3,9-12H2,1-2H3,(H,19,21). The van der Waals surface area contributed by atoms with Gasteiger partial charge in [0.1, 0.15) is 6.61 Å². The topological polar surface area (TPSA) is 119 Å². The van der Waals surface area contributed by atoms with Crippen LogP contribution in [0.2, 0.25) is 0 Å². The number of amides is 1. The summed E-state index contributed by atoms with van der Waals surface area (Å²) in [5, 5.41) is 11.8. The second-order valence-corrected chi connectivity index (χ2v) is 5.53. The van der Waals surface area contributed by atoms with E-state index in [1.165, 1.54) is 0 Å². The molecular weight excluding hydrogens is 342 g/mol. The number of aliphatic hydroxyl groups is 1. The maximum Gasteiger partial charge on any atom is 0.342 e. The number of carbonyl (C=O) groups is 4. The fourth-order valence-electron chi connectivity index (χ4n) is 2.24. The first-order valence-electron chi connectivity index (χ1n) is 8.15. The molecule has 8 nitrogen and oxygen atoms in total. The van der Waals surface area contributed by atoms with Crippen LogP contribution in [0.25, 0.3) is 0 Å². The van der Waals surface area contributed by atoms with E-state index in [1.54, 1.807) is 37.3 Å². The summed E-state index contributed by atoms with van der Waals surface area (Å²) < 4.78 is 9.84. The van der Waals surface area contributed by atoms with Crippen LogP contribution in [0.15, 0.2) is 30.3 Å². The Bertz CT molecular complexity index is 644. The van der Waals surface area contributed by atoms with Gasteiger partial charge in [-0.05, 0) is 12.5 Å². The number of ether oxygens (including phenoxy) is 2. The lowest BCUT2D eigenvalue weighted by atomic mass is 9.91. The van der Waals surface area contributed by atoms with Gasteiger partial charge in [-0.15, -0.1) is 0 Å². The lowest BCUT2D eigenvalue weighted by Gasteiger charge is -2.28. The molecule has 1 amide bonds. The van der Waals surface area contributed by atoms with Gasteiger partial charge in [0.15, 0.2) is 5.78 Å². The molecule has 0 aliphatic rings. The molecule has 0 saturated carbocycles. The average molecular weight is 365 g/mol. The molecule has 0 aliphatic heterocycles. The van der Waals surface area contributed by atoms with Crippen molar-refractivity contribution in [3.05, 3.63) is 35.9 Å². The quantitative estimate of drug-likeness (QED) is 0.458. The Morgan fingerprint density at radius 1 is 1.08 bits per heavy atom. The average Bonchev–Trinajstić information content (AvgIpc) is 2.63. The lowest BCUT2D eigenvalue weighted by molar-refractivity contribution is -0.162. The molecule has 8 heteroatoms. The van der Waals surface area contributed by atoms with Crippen molar-refractivity contribution in [3.63, 3.8) is 0 Å². The van der Waals surface area contributed by atoms with Gasteiger partial charge in [-0.2, -0.15) is 0 Å². The number of rotatable bonds is 10. The molecule has 0 saturated heterocycles. The summed E-state index contributed by atoms with van der Waals surface area (Å²) in [7, 11) is 0. The van der Waals surface area contributed by atoms with Gasteiger partial charge in [-0.25, -0.2) is 4.79 Å². The zero-order chi connectivity index (χ0) is 19.6. The maximum absolute atomic E-state index is 12.5. The Balaban J connectivity index is 2.89. The Morgan fingerprint density at radius 2 is 1.73 bits per heavy atom. The van der Waals surface area contributed by atoms with Crippen LogP contribution in [0.1, 0.15) is 32.3 Å². The number of ketones is 1. The number of hydrogen-bond acceptors (Lipinski definition) is 7. The highest BCUT2D eigenvalue weighted by molar-refractivity contribution is 6.11. The molecule has 0 bridgehead atoms. The van der Waals surface area contributed by atoms with Crippen molar-refractivity contribution >= 4 is 23.6 Å². The van der Waals surface area contributed by atoms with Crippen LogP contribution in [0.4, 0.5) is 0 Å². The predicted molar refractivity (Wildman–Crippen MR) is 90.7 cm³/mol. The van der Waals surface area contributed by atoms with Gasteiger partial charge in [0.25, 0.3) is 0 Å². The fourth-order valence-corrected chi connectivity index (χ4v) is 2.24. The van der Waals surface area contributed by atoms with Gasteiger partial charge >= 0.3 is 11.9 Å². The van der Waals surface area contributed by atoms with Crippen LogP contribution in [0, 0.1) is 0 Å². The molecule has 1 atom stereocenters. The summed E-state index contributed by atoms with van der Waals surface area (Å²) in [6.45, 7) is 1.76. The van der Waals surface area contributed by atoms with E-state index < -0.39 is 35.8 Å². The monoisotopic (exact) mass is 365 g/mol.